The molecule has 0 spiro atoms. The first-order chi connectivity index (χ1) is 7.18. The fourth-order valence-electron chi connectivity index (χ4n) is 2.14. The lowest BCUT2D eigenvalue weighted by Gasteiger charge is -2.35. The van der Waals surface area contributed by atoms with Gasteiger partial charge in [-0.2, -0.15) is 0 Å². The minimum Gasteiger partial charge on any atom is -0.397 e. The Kier molecular flexibility index (Phi) is 6.42. The average molecular weight is 279 g/mol. The van der Waals surface area contributed by atoms with Crippen LogP contribution in [-0.4, -0.2) is 17.6 Å². The molecule has 4 N–H and O–H groups in total. The van der Waals surface area contributed by atoms with Crippen molar-refractivity contribution in [3.63, 3.8) is 0 Å². The molecule has 0 bridgehead atoms. The maximum Gasteiger partial charge on any atom is 0.152 e. The van der Waals surface area contributed by atoms with Crippen LogP contribution in [0.2, 0.25) is 0 Å². The number of nitrogens with two attached hydrogens (primary N) is 2. The molecule has 0 saturated carbocycles. The summed E-state index contributed by atoms with van der Waals surface area (Å²) in [6.45, 7) is 3.26. The lowest BCUT2D eigenvalue weighted by atomic mass is 10.0. The summed E-state index contributed by atoms with van der Waals surface area (Å²) in [5.74, 6) is 0.886. The van der Waals surface area contributed by atoms with Crippen molar-refractivity contribution in [1.82, 2.24) is 4.98 Å². The van der Waals surface area contributed by atoms with Crippen molar-refractivity contribution in [1.29, 1.82) is 0 Å². The number of piperidine rings is 1. The van der Waals surface area contributed by atoms with Crippen LogP contribution in [0.1, 0.15) is 26.2 Å². The largest absolute Gasteiger partial charge is 0.397 e. The van der Waals surface area contributed by atoms with E-state index in [-0.39, 0.29) is 24.8 Å². The van der Waals surface area contributed by atoms with Gasteiger partial charge in [-0.25, -0.2) is 4.98 Å². The summed E-state index contributed by atoms with van der Waals surface area (Å²) in [7, 11) is 0. The molecule has 0 radical (unpaired) electrons. The highest BCUT2D eigenvalue weighted by Gasteiger charge is 2.21. The molecule has 0 aliphatic carbocycles. The van der Waals surface area contributed by atoms with Gasteiger partial charge < -0.3 is 16.4 Å². The van der Waals surface area contributed by atoms with Crippen LogP contribution in [0.5, 0.6) is 0 Å². The minimum atomic E-state index is 0. The van der Waals surface area contributed by atoms with Crippen molar-refractivity contribution in [2.24, 2.45) is 0 Å². The van der Waals surface area contributed by atoms with E-state index in [1.807, 2.05) is 0 Å². The molecule has 1 aliphatic rings. The summed E-state index contributed by atoms with van der Waals surface area (Å²) in [5, 5.41) is 0. The molecule has 1 aromatic heterocycles. The third-order valence-corrected chi connectivity index (χ3v) is 2.99. The van der Waals surface area contributed by atoms with Crippen LogP contribution >= 0.6 is 24.8 Å². The maximum atomic E-state index is 5.93. The van der Waals surface area contributed by atoms with Gasteiger partial charge in [0.1, 0.15) is 0 Å². The second-order valence-electron chi connectivity index (χ2n) is 4.22. The van der Waals surface area contributed by atoms with E-state index in [0.717, 1.165) is 12.4 Å². The normalized spacial score (nSPS) is 19.1. The van der Waals surface area contributed by atoms with E-state index >= 15 is 0 Å². The van der Waals surface area contributed by atoms with Crippen molar-refractivity contribution in [3.05, 3.63) is 12.3 Å². The molecule has 2 rings (SSSR count). The highest BCUT2D eigenvalue weighted by atomic mass is 35.5. The van der Waals surface area contributed by atoms with E-state index in [2.05, 4.69) is 16.8 Å². The molecule has 1 aliphatic heterocycles. The Balaban J connectivity index is 0.00000128. The van der Waals surface area contributed by atoms with E-state index < -0.39 is 0 Å². The quantitative estimate of drug-likeness (QED) is 0.828. The number of nitrogen functional groups attached to an aromatic ring is 2. The zero-order valence-corrected chi connectivity index (χ0v) is 11.6. The van der Waals surface area contributed by atoms with E-state index in [1.54, 1.807) is 12.3 Å². The average Bonchev–Trinajstić information content (AvgIpc) is 2.20. The summed E-state index contributed by atoms with van der Waals surface area (Å²) < 4.78 is 0. The molecule has 4 nitrogen and oxygen atoms in total. The fourth-order valence-corrected chi connectivity index (χ4v) is 2.14. The third-order valence-electron chi connectivity index (χ3n) is 2.99. The molecule has 1 saturated heterocycles. The molecule has 98 valence electrons. The van der Waals surface area contributed by atoms with Gasteiger partial charge in [-0.1, -0.05) is 0 Å². The minimum absolute atomic E-state index is 0. The molecular formula is C11H20Cl2N4. The van der Waals surface area contributed by atoms with Crippen molar-refractivity contribution in [2.75, 3.05) is 22.9 Å². The van der Waals surface area contributed by atoms with Gasteiger partial charge in [0.25, 0.3) is 0 Å². The van der Waals surface area contributed by atoms with E-state index in [0.29, 0.717) is 17.4 Å². The molecule has 1 atom stereocenters. The van der Waals surface area contributed by atoms with Gasteiger partial charge in [-0.15, -0.1) is 24.8 Å². The molecule has 0 aromatic carbocycles. The van der Waals surface area contributed by atoms with Crippen molar-refractivity contribution >= 4 is 42.0 Å². The van der Waals surface area contributed by atoms with Gasteiger partial charge in [0.05, 0.1) is 17.6 Å². The van der Waals surface area contributed by atoms with Gasteiger partial charge in [-0.05, 0) is 32.3 Å². The van der Waals surface area contributed by atoms with Crippen LogP contribution < -0.4 is 16.4 Å². The number of pyridine rings is 1. The van der Waals surface area contributed by atoms with Crippen molar-refractivity contribution in [3.8, 4) is 0 Å². The maximum absolute atomic E-state index is 5.93. The third kappa shape index (κ3) is 3.54. The second kappa shape index (κ2) is 6.77. The zero-order valence-electron chi connectivity index (χ0n) is 9.93. The van der Waals surface area contributed by atoms with E-state index in [4.69, 9.17) is 11.5 Å². The van der Waals surface area contributed by atoms with Crippen molar-refractivity contribution in [2.45, 2.75) is 32.2 Å². The number of halogens is 2. The van der Waals surface area contributed by atoms with Crippen LogP contribution in [0, 0.1) is 0 Å². The van der Waals surface area contributed by atoms with Crippen LogP contribution in [-0.2, 0) is 0 Å². The Morgan fingerprint density at radius 1 is 1.29 bits per heavy atom. The first-order valence-corrected chi connectivity index (χ1v) is 5.46. The zero-order chi connectivity index (χ0) is 10.8. The van der Waals surface area contributed by atoms with Gasteiger partial charge in [0.15, 0.2) is 5.82 Å². The van der Waals surface area contributed by atoms with E-state index in [1.165, 1.54) is 19.3 Å². The molecule has 0 amide bonds. The van der Waals surface area contributed by atoms with Crippen molar-refractivity contribution < 1.29 is 0 Å². The summed E-state index contributed by atoms with van der Waals surface area (Å²) in [6.07, 6.45) is 5.40. The number of hydrogen-bond acceptors (Lipinski definition) is 4. The number of nitrogens with zero attached hydrogens (tertiary/aromatic N) is 2. The number of rotatable bonds is 1. The number of anilines is 3. The standard InChI is InChI=1S/C11H18N4.2ClH/c1-8-4-2-3-5-15(8)11-10(13)6-9(12)7-14-11;;/h6-8H,2-5,12-13H2,1H3;2*1H. The molecule has 2 heterocycles. The molecule has 1 fully saturated rings. The highest BCUT2D eigenvalue weighted by molar-refractivity contribution is 5.85. The lowest BCUT2D eigenvalue weighted by Crippen LogP contribution is -2.38. The number of aromatic nitrogens is 1. The highest BCUT2D eigenvalue weighted by Crippen LogP contribution is 2.28. The van der Waals surface area contributed by atoms with Gasteiger partial charge in [-0.3, -0.25) is 0 Å². The Bertz CT molecular complexity index is 359. The van der Waals surface area contributed by atoms with Crippen LogP contribution in [0.25, 0.3) is 0 Å². The lowest BCUT2D eigenvalue weighted by molar-refractivity contribution is 0.482. The Morgan fingerprint density at radius 2 is 2.00 bits per heavy atom. The monoisotopic (exact) mass is 278 g/mol. The predicted molar refractivity (Wildman–Crippen MR) is 78.2 cm³/mol. The first-order valence-electron chi connectivity index (χ1n) is 5.46. The smallest absolute Gasteiger partial charge is 0.152 e. The Morgan fingerprint density at radius 3 is 2.59 bits per heavy atom. The topological polar surface area (TPSA) is 68.2 Å². The SMILES string of the molecule is CC1CCCCN1c1ncc(N)cc1N.Cl.Cl. The molecular weight excluding hydrogens is 259 g/mol. The fraction of sp³-hybridized carbons (Fsp3) is 0.545. The molecule has 1 unspecified atom stereocenters. The van der Waals surface area contributed by atoms with Gasteiger partial charge in [0.2, 0.25) is 0 Å². The second-order valence-corrected chi connectivity index (χ2v) is 4.22. The molecule has 1 aromatic rings. The summed E-state index contributed by atoms with van der Waals surface area (Å²) in [4.78, 5) is 6.60. The van der Waals surface area contributed by atoms with Crippen LogP contribution in [0.3, 0.4) is 0 Å². The Hall–Kier alpha value is -0.870. The van der Waals surface area contributed by atoms with Crippen LogP contribution in [0.4, 0.5) is 17.2 Å². The summed E-state index contributed by atoms with van der Waals surface area (Å²) in [6, 6.07) is 2.31. The van der Waals surface area contributed by atoms with Crippen LogP contribution in [0.15, 0.2) is 12.3 Å². The summed E-state index contributed by atoms with van der Waals surface area (Å²) >= 11 is 0. The van der Waals surface area contributed by atoms with E-state index in [9.17, 15) is 0 Å². The molecule has 6 heteroatoms. The first kappa shape index (κ1) is 16.1. The predicted octanol–water partition coefficient (Wildman–Crippen LogP) is 2.47. The number of hydrogen-bond donors (Lipinski definition) is 2. The molecule has 17 heavy (non-hydrogen) atoms. The Labute approximate surface area is 115 Å². The summed E-state index contributed by atoms with van der Waals surface area (Å²) in [5.41, 5.74) is 12.9. The van der Waals surface area contributed by atoms with Gasteiger partial charge in [0, 0.05) is 12.6 Å². The van der Waals surface area contributed by atoms with Gasteiger partial charge >= 0.3 is 0 Å².